The van der Waals surface area contributed by atoms with Crippen LogP contribution in [0.15, 0.2) is 0 Å². The molecule has 0 amide bonds. The van der Waals surface area contributed by atoms with E-state index in [4.69, 9.17) is 4.74 Å². The van der Waals surface area contributed by atoms with E-state index >= 15 is 0 Å². The number of halogens is 1. The summed E-state index contributed by atoms with van der Waals surface area (Å²) in [5.41, 5.74) is 0. The van der Waals surface area contributed by atoms with E-state index in [9.17, 15) is 0 Å². The van der Waals surface area contributed by atoms with Crippen LogP contribution in [-0.2, 0) is 4.74 Å². The van der Waals surface area contributed by atoms with Gasteiger partial charge in [-0.25, -0.2) is 0 Å². The molecule has 49 valence electrons. The van der Waals surface area contributed by atoms with Gasteiger partial charge in [-0.15, -0.1) is 0 Å². The lowest BCUT2D eigenvalue weighted by atomic mass is 10.4. The molecule has 1 nitrogen and oxygen atoms in total. The summed E-state index contributed by atoms with van der Waals surface area (Å²) >= 11 is 2.37. The summed E-state index contributed by atoms with van der Waals surface area (Å²) in [5.74, 6) is 0. The molecule has 0 saturated carbocycles. The van der Waals surface area contributed by atoms with Crippen molar-refractivity contribution in [2.45, 2.75) is 19.8 Å². The molecule has 0 N–H and O–H groups in total. The number of ether oxygens (including phenoxy) is 1. The highest BCUT2D eigenvalue weighted by Gasteiger charge is 1.83. The predicted octanol–water partition coefficient (Wildman–Crippen LogP) is 2.40. The van der Waals surface area contributed by atoms with E-state index < -0.39 is 0 Å². The van der Waals surface area contributed by atoms with Crippen molar-refractivity contribution in [2.75, 3.05) is 11.0 Å². The summed E-state index contributed by atoms with van der Waals surface area (Å²) in [4.78, 5) is 0. The first kappa shape index (κ1) is 8.69. The van der Waals surface area contributed by atoms with Gasteiger partial charge in [-0.3, -0.25) is 0 Å². The second-order valence-electron chi connectivity index (χ2n) is 1.50. The van der Waals surface area contributed by atoms with Gasteiger partial charge in [0.2, 0.25) is 0 Å². The molecule has 0 aliphatic rings. The average molecular weight is 227 g/mol. The lowest BCUT2D eigenvalue weighted by molar-refractivity contribution is 0.200. The Morgan fingerprint density at radius 1 is 1.50 bits per heavy atom. The highest BCUT2D eigenvalue weighted by atomic mass is 127. The largest absolute Gasteiger partial charge is 0.376 e. The van der Waals surface area contributed by atoms with Gasteiger partial charge in [-0.2, -0.15) is 0 Å². The SMILES string of the molecule is C[CH]OCCCCI. The van der Waals surface area contributed by atoms with Crippen LogP contribution in [0.1, 0.15) is 19.8 Å². The summed E-state index contributed by atoms with van der Waals surface area (Å²) in [6.45, 7) is 4.54. The molecular weight excluding hydrogens is 215 g/mol. The van der Waals surface area contributed by atoms with Gasteiger partial charge in [-0.1, -0.05) is 22.6 Å². The van der Waals surface area contributed by atoms with Gasteiger partial charge in [0.15, 0.2) is 0 Å². The van der Waals surface area contributed by atoms with Crippen molar-refractivity contribution in [3.05, 3.63) is 6.61 Å². The van der Waals surface area contributed by atoms with Crippen LogP contribution >= 0.6 is 22.6 Å². The molecule has 0 aromatic carbocycles. The maximum Gasteiger partial charge on any atom is 0.0805 e. The average Bonchev–Trinajstić information content (AvgIpc) is 1.81. The first-order chi connectivity index (χ1) is 3.91. The summed E-state index contributed by atoms with van der Waals surface area (Å²) in [6, 6.07) is 0. The third-order valence-corrected chi connectivity index (χ3v) is 1.58. The third kappa shape index (κ3) is 6.69. The van der Waals surface area contributed by atoms with Gasteiger partial charge in [0.1, 0.15) is 0 Å². The van der Waals surface area contributed by atoms with Crippen LogP contribution in [0.5, 0.6) is 0 Å². The lowest BCUT2D eigenvalue weighted by Gasteiger charge is -1.95. The molecule has 0 atom stereocenters. The molecule has 0 aromatic heterocycles. The Morgan fingerprint density at radius 2 is 2.25 bits per heavy atom. The number of alkyl halides is 1. The molecule has 0 aliphatic heterocycles. The van der Waals surface area contributed by atoms with Crippen LogP contribution in [-0.4, -0.2) is 11.0 Å². The topological polar surface area (TPSA) is 9.23 Å². The highest BCUT2D eigenvalue weighted by molar-refractivity contribution is 14.1. The van der Waals surface area contributed by atoms with Crippen molar-refractivity contribution in [1.82, 2.24) is 0 Å². The summed E-state index contributed by atoms with van der Waals surface area (Å²) in [6.07, 6.45) is 2.46. The van der Waals surface area contributed by atoms with Crippen molar-refractivity contribution in [2.24, 2.45) is 0 Å². The zero-order valence-corrected chi connectivity index (χ0v) is 7.35. The van der Waals surface area contributed by atoms with E-state index in [1.54, 1.807) is 6.61 Å². The Kier molecular flexibility index (Phi) is 8.35. The van der Waals surface area contributed by atoms with E-state index in [-0.39, 0.29) is 0 Å². The number of unbranched alkanes of at least 4 members (excludes halogenated alkanes) is 1. The smallest absolute Gasteiger partial charge is 0.0805 e. The molecule has 0 bridgehead atoms. The van der Waals surface area contributed by atoms with Gasteiger partial charge >= 0.3 is 0 Å². The Morgan fingerprint density at radius 3 is 2.75 bits per heavy atom. The second-order valence-corrected chi connectivity index (χ2v) is 2.58. The molecule has 0 unspecified atom stereocenters. The normalized spacial score (nSPS) is 9.75. The first-order valence-electron chi connectivity index (χ1n) is 2.87. The highest BCUT2D eigenvalue weighted by Crippen LogP contribution is 1.94. The van der Waals surface area contributed by atoms with Crippen molar-refractivity contribution >= 4 is 22.6 Å². The number of hydrogen-bond donors (Lipinski definition) is 0. The van der Waals surface area contributed by atoms with Gasteiger partial charge in [-0.05, 0) is 24.2 Å². The zero-order chi connectivity index (χ0) is 6.24. The van der Waals surface area contributed by atoms with Crippen LogP contribution in [0, 0.1) is 6.61 Å². The number of hydrogen-bond acceptors (Lipinski definition) is 1. The number of rotatable bonds is 5. The Bertz CT molecular complexity index is 33.5. The van der Waals surface area contributed by atoms with Gasteiger partial charge in [0, 0.05) is 6.61 Å². The summed E-state index contributed by atoms with van der Waals surface area (Å²) in [7, 11) is 0. The second kappa shape index (κ2) is 7.69. The van der Waals surface area contributed by atoms with Crippen LogP contribution in [0.3, 0.4) is 0 Å². The van der Waals surface area contributed by atoms with E-state index in [1.807, 2.05) is 6.92 Å². The molecule has 0 aliphatic carbocycles. The predicted molar refractivity (Wildman–Crippen MR) is 44.0 cm³/mol. The van der Waals surface area contributed by atoms with Crippen LogP contribution in [0.2, 0.25) is 0 Å². The molecule has 8 heavy (non-hydrogen) atoms. The van der Waals surface area contributed by atoms with Gasteiger partial charge in [0.05, 0.1) is 6.61 Å². The van der Waals surface area contributed by atoms with Gasteiger partial charge in [0.25, 0.3) is 0 Å². The van der Waals surface area contributed by atoms with Crippen molar-refractivity contribution in [3.63, 3.8) is 0 Å². The zero-order valence-electron chi connectivity index (χ0n) is 5.19. The maximum absolute atomic E-state index is 5.01. The van der Waals surface area contributed by atoms with Crippen molar-refractivity contribution < 1.29 is 4.74 Å². The maximum atomic E-state index is 5.01. The summed E-state index contributed by atoms with van der Waals surface area (Å²) in [5, 5.41) is 0. The minimum Gasteiger partial charge on any atom is -0.376 e. The van der Waals surface area contributed by atoms with Crippen molar-refractivity contribution in [1.29, 1.82) is 0 Å². The fraction of sp³-hybridized carbons (Fsp3) is 0.833. The molecule has 0 aromatic rings. The molecule has 1 radical (unpaired) electrons. The molecule has 0 rings (SSSR count). The fourth-order valence-corrected chi connectivity index (χ4v) is 0.937. The Hall–Kier alpha value is 0.690. The molecule has 2 heteroatoms. The molecule has 0 spiro atoms. The Balaban J connectivity index is 2.53. The minimum atomic E-state index is 0.888. The molecule has 0 saturated heterocycles. The van der Waals surface area contributed by atoms with E-state index in [0.29, 0.717) is 0 Å². The quantitative estimate of drug-likeness (QED) is 0.398. The van der Waals surface area contributed by atoms with Crippen LogP contribution in [0.4, 0.5) is 0 Å². The summed E-state index contributed by atoms with van der Waals surface area (Å²) < 4.78 is 6.25. The van der Waals surface area contributed by atoms with Crippen LogP contribution in [0.25, 0.3) is 0 Å². The Labute approximate surface area is 64.9 Å². The van der Waals surface area contributed by atoms with Crippen LogP contribution < -0.4 is 0 Å². The minimum absolute atomic E-state index is 0.888. The molecular formula is C6H12IO. The first-order valence-corrected chi connectivity index (χ1v) is 4.39. The van der Waals surface area contributed by atoms with Gasteiger partial charge < -0.3 is 4.74 Å². The monoisotopic (exact) mass is 227 g/mol. The fourth-order valence-electron chi connectivity index (χ4n) is 0.398. The van der Waals surface area contributed by atoms with E-state index in [0.717, 1.165) is 6.61 Å². The standard InChI is InChI=1S/C6H12IO/c1-2-8-6-4-3-5-7/h2H,3-6H2,1H3. The van der Waals surface area contributed by atoms with E-state index in [2.05, 4.69) is 22.6 Å². The van der Waals surface area contributed by atoms with E-state index in [1.165, 1.54) is 17.3 Å². The molecule has 0 heterocycles. The van der Waals surface area contributed by atoms with Crippen molar-refractivity contribution in [3.8, 4) is 0 Å². The lowest BCUT2D eigenvalue weighted by Crippen LogP contribution is -1.88. The molecule has 0 fully saturated rings. The third-order valence-electron chi connectivity index (χ3n) is 0.812.